The first-order valence-corrected chi connectivity index (χ1v) is 11.5. The van der Waals surface area contributed by atoms with E-state index in [-0.39, 0.29) is 19.0 Å². The van der Waals surface area contributed by atoms with E-state index in [4.69, 9.17) is 11.6 Å². The van der Waals surface area contributed by atoms with Gasteiger partial charge in [-0.2, -0.15) is 4.31 Å². The maximum absolute atomic E-state index is 13.1. The average Bonchev–Trinajstić information content (AvgIpc) is 2.71. The van der Waals surface area contributed by atoms with Crippen LogP contribution in [0.25, 0.3) is 0 Å². The maximum atomic E-state index is 13.1. The molecule has 9 heteroatoms. The van der Waals surface area contributed by atoms with Crippen molar-refractivity contribution in [3.8, 4) is 0 Å². The number of amides is 2. The van der Waals surface area contributed by atoms with Gasteiger partial charge in [0.05, 0.1) is 12.8 Å². The lowest BCUT2D eigenvalue weighted by molar-refractivity contribution is -0.141. The van der Waals surface area contributed by atoms with E-state index in [2.05, 4.69) is 5.32 Å². The Balaban J connectivity index is 2.39. The highest BCUT2D eigenvalue weighted by atomic mass is 35.5. The molecule has 0 aliphatic heterocycles. The SMILES string of the molecule is CNC(=O)[C@H](Cc1ccccc1)N(Cc1ccc(Cl)cc1)C(=O)CN(C)S(C)(=O)=O. The third-order valence-electron chi connectivity index (χ3n) is 4.71. The van der Waals surface area contributed by atoms with Gasteiger partial charge in [0.1, 0.15) is 6.04 Å². The first-order chi connectivity index (χ1) is 14.1. The number of likely N-dealkylation sites (N-methyl/N-ethyl adjacent to an activating group) is 2. The van der Waals surface area contributed by atoms with Crippen LogP contribution in [0.5, 0.6) is 0 Å². The molecule has 30 heavy (non-hydrogen) atoms. The van der Waals surface area contributed by atoms with Crippen molar-refractivity contribution in [3.05, 3.63) is 70.7 Å². The topological polar surface area (TPSA) is 86.8 Å². The van der Waals surface area contributed by atoms with Crippen LogP contribution >= 0.6 is 11.6 Å². The Kier molecular flexibility index (Phi) is 8.40. The first-order valence-electron chi connectivity index (χ1n) is 9.32. The molecule has 1 N–H and O–H groups in total. The van der Waals surface area contributed by atoms with Gasteiger partial charge in [-0.25, -0.2) is 8.42 Å². The Morgan fingerprint density at radius 1 is 1.03 bits per heavy atom. The van der Waals surface area contributed by atoms with E-state index >= 15 is 0 Å². The van der Waals surface area contributed by atoms with Crippen LogP contribution in [0, 0.1) is 0 Å². The Morgan fingerprint density at radius 2 is 1.63 bits per heavy atom. The molecule has 2 aromatic rings. The second kappa shape index (κ2) is 10.6. The van der Waals surface area contributed by atoms with Gasteiger partial charge in [0, 0.05) is 32.1 Å². The molecule has 7 nitrogen and oxygen atoms in total. The van der Waals surface area contributed by atoms with Crippen molar-refractivity contribution in [1.29, 1.82) is 0 Å². The van der Waals surface area contributed by atoms with Crippen molar-refractivity contribution in [2.24, 2.45) is 0 Å². The fourth-order valence-corrected chi connectivity index (χ4v) is 3.38. The van der Waals surface area contributed by atoms with Gasteiger partial charge < -0.3 is 10.2 Å². The number of halogens is 1. The lowest BCUT2D eigenvalue weighted by Gasteiger charge is -2.32. The van der Waals surface area contributed by atoms with Crippen LogP contribution in [0.4, 0.5) is 0 Å². The number of hydrogen-bond donors (Lipinski definition) is 1. The van der Waals surface area contributed by atoms with Crippen LogP contribution in [0.1, 0.15) is 11.1 Å². The molecule has 0 spiro atoms. The predicted octanol–water partition coefficient (Wildman–Crippen LogP) is 1.92. The number of benzene rings is 2. The molecule has 0 saturated carbocycles. The molecule has 0 radical (unpaired) electrons. The minimum Gasteiger partial charge on any atom is -0.357 e. The highest BCUT2D eigenvalue weighted by Gasteiger charge is 2.31. The fraction of sp³-hybridized carbons (Fsp3) is 0.333. The maximum Gasteiger partial charge on any atom is 0.242 e. The monoisotopic (exact) mass is 451 g/mol. The summed E-state index contributed by atoms with van der Waals surface area (Å²) >= 11 is 5.95. The Bertz CT molecular complexity index is 966. The van der Waals surface area contributed by atoms with Crippen LogP contribution in [0.3, 0.4) is 0 Å². The summed E-state index contributed by atoms with van der Waals surface area (Å²) in [6.45, 7) is -0.229. The van der Waals surface area contributed by atoms with Crippen molar-refractivity contribution >= 4 is 33.4 Å². The van der Waals surface area contributed by atoms with Gasteiger partial charge in [-0.05, 0) is 23.3 Å². The second-order valence-corrected chi connectivity index (χ2v) is 9.51. The van der Waals surface area contributed by atoms with Crippen LogP contribution < -0.4 is 5.32 Å². The Morgan fingerprint density at radius 3 is 2.17 bits per heavy atom. The Labute approximate surface area is 182 Å². The molecule has 0 saturated heterocycles. The molecule has 0 aliphatic rings. The van der Waals surface area contributed by atoms with Gasteiger partial charge in [-0.3, -0.25) is 9.59 Å². The van der Waals surface area contributed by atoms with Crippen LogP contribution in [-0.4, -0.2) is 62.4 Å². The fourth-order valence-electron chi connectivity index (χ4n) is 2.91. The van der Waals surface area contributed by atoms with E-state index in [0.29, 0.717) is 11.4 Å². The summed E-state index contributed by atoms with van der Waals surface area (Å²) in [6.07, 6.45) is 1.33. The number of carbonyl (C=O) groups is 2. The van der Waals surface area contributed by atoms with E-state index in [0.717, 1.165) is 21.7 Å². The van der Waals surface area contributed by atoms with Gasteiger partial charge in [-0.1, -0.05) is 54.1 Å². The van der Waals surface area contributed by atoms with Gasteiger partial charge in [-0.15, -0.1) is 0 Å². The zero-order valence-corrected chi connectivity index (χ0v) is 18.8. The van der Waals surface area contributed by atoms with Gasteiger partial charge in [0.25, 0.3) is 0 Å². The summed E-state index contributed by atoms with van der Waals surface area (Å²) in [5.74, 6) is -0.800. The smallest absolute Gasteiger partial charge is 0.242 e. The summed E-state index contributed by atoms with van der Waals surface area (Å²) < 4.78 is 24.6. The zero-order valence-electron chi connectivity index (χ0n) is 17.2. The third kappa shape index (κ3) is 6.83. The quantitative estimate of drug-likeness (QED) is 0.631. The van der Waals surface area contributed by atoms with Crippen molar-refractivity contribution in [2.75, 3.05) is 26.9 Å². The summed E-state index contributed by atoms with van der Waals surface area (Å²) in [4.78, 5) is 27.3. The molecule has 0 bridgehead atoms. The van der Waals surface area contributed by atoms with E-state index in [1.54, 1.807) is 24.3 Å². The predicted molar refractivity (Wildman–Crippen MR) is 117 cm³/mol. The molecule has 0 heterocycles. The number of carbonyl (C=O) groups excluding carboxylic acids is 2. The van der Waals surface area contributed by atoms with Crippen molar-refractivity contribution in [3.63, 3.8) is 0 Å². The molecule has 0 aliphatic carbocycles. The molecule has 162 valence electrons. The van der Waals surface area contributed by atoms with Crippen molar-refractivity contribution in [2.45, 2.75) is 19.0 Å². The van der Waals surface area contributed by atoms with E-state index in [1.807, 2.05) is 30.3 Å². The van der Waals surface area contributed by atoms with Crippen molar-refractivity contribution < 1.29 is 18.0 Å². The molecule has 2 aromatic carbocycles. The molecule has 1 atom stereocenters. The van der Waals surface area contributed by atoms with Crippen LogP contribution in [0.2, 0.25) is 5.02 Å². The largest absolute Gasteiger partial charge is 0.357 e. The third-order valence-corrected chi connectivity index (χ3v) is 6.22. The standard InChI is InChI=1S/C21H26ClN3O4S/c1-23-21(27)19(13-16-7-5-4-6-8-16)25(14-17-9-11-18(22)12-10-17)20(26)15-24(2)30(3,28)29/h4-12,19H,13-15H2,1-3H3,(H,23,27)/t19-/m0/s1. The normalized spacial score (nSPS) is 12.4. The molecular weight excluding hydrogens is 426 g/mol. The molecule has 2 rings (SSSR count). The lowest BCUT2D eigenvalue weighted by Crippen LogP contribution is -2.52. The summed E-state index contributed by atoms with van der Waals surface area (Å²) in [6, 6.07) is 15.5. The van der Waals surface area contributed by atoms with E-state index < -0.39 is 22.0 Å². The van der Waals surface area contributed by atoms with E-state index in [9.17, 15) is 18.0 Å². The highest BCUT2D eigenvalue weighted by molar-refractivity contribution is 7.88. The number of nitrogens with zero attached hydrogens (tertiary/aromatic N) is 2. The average molecular weight is 452 g/mol. The summed E-state index contributed by atoms with van der Waals surface area (Å²) in [7, 11) is -0.711. The summed E-state index contributed by atoms with van der Waals surface area (Å²) in [5, 5.41) is 3.17. The van der Waals surface area contributed by atoms with Crippen LogP contribution in [0.15, 0.2) is 54.6 Å². The number of hydrogen-bond acceptors (Lipinski definition) is 4. The Hall–Kier alpha value is -2.42. The second-order valence-electron chi connectivity index (χ2n) is 6.99. The highest BCUT2D eigenvalue weighted by Crippen LogP contribution is 2.17. The number of nitrogens with one attached hydrogen (secondary N) is 1. The molecule has 2 amide bonds. The zero-order chi connectivity index (χ0) is 22.3. The minimum atomic E-state index is -3.55. The molecule has 0 fully saturated rings. The van der Waals surface area contributed by atoms with Crippen LogP contribution in [-0.2, 0) is 32.6 Å². The van der Waals surface area contributed by atoms with Gasteiger partial charge >= 0.3 is 0 Å². The molecule has 0 aromatic heterocycles. The summed E-state index contributed by atoms with van der Waals surface area (Å²) in [5.41, 5.74) is 1.66. The molecule has 0 unspecified atom stereocenters. The van der Waals surface area contributed by atoms with Gasteiger partial charge in [0.15, 0.2) is 0 Å². The van der Waals surface area contributed by atoms with E-state index in [1.165, 1.54) is 19.0 Å². The molecular formula is C21H26ClN3O4S. The minimum absolute atomic E-state index is 0.137. The number of sulfonamides is 1. The lowest BCUT2D eigenvalue weighted by atomic mass is 10.0. The number of rotatable bonds is 9. The van der Waals surface area contributed by atoms with Crippen molar-refractivity contribution in [1.82, 2.24) is 14.5 Å². The van der Waals surface area contributed by atoms with Gasteiger partial charge in [0.2, 0.25) is 21.8 Å². The first kappa shape index (κ1) is 23.9.